The number of aliphatic hydroxyl groups excluding tert-OH is 1. The van der Waals surface area contributed by atoms with E-state index in [0.717, 1.165) is 11.3 Å². The summed E-state index contributed by atoms with van der Waals surface area (Å²) in [5, 5.41) is 12.9. The molecule has 0 aromatic heterocycles. The number of aliphatic hydroxyl groups is 1. The van der Waals surface area contributed by atoms with Crippen LogP contribution in [0.2, 0.25) is 0 Å². The largest absolute Gasteiger partial charge is 0.481 e. The van der Waals surface area contributed by atoms with Crippen LogP contribution in [0, 0.1) is 18.3 Å². The third-order valence-electron chi connectivity index (χ3n) is 2.72. The number of ether oxygens (including phenoxy) is 1. The first-order valence-electron chi connectivity index (χ1n) is 6.18. The second-order valence-corrected chi connectivity index (χ2v) is 4.54. The zero-order chi connectivity index (χ0) is 13.4. The van der Waals surface area contributed by atoms with E-state index in [1.165, 1.54) is 0 Å². The maximum absolute atomic E-state index is 9.69. The van der Waals surface area contributed by atoms with Crippen molar-refractivity contribution in [2.75, 3.05) is 13.2 Å². The first kappa shape index (κ1) is 14.6. The van der Waals surface area contributed by atoms with E-state index in [4.69, 9.17) is 11.2 Å². The molecule has 3 nitrogen and oxygen atoms in total. The van der Waals surface area contributed by atoms with Gasteiger partial charge in [0.25, 0.3) is 0 Å². The van der Waals surface area contributed by atoms with Gasteiger partial charge in [-0.05, 0) is 12.0 Å². The van der Waals surface area contributed by atoms with Gasteiger partial charge in [0, 0.05) is 18.7 Å². The van der Waals surface area contributed by atoms with Crippen LogP contribution in [-0.4, -0.2) is 24.4 Å². The normalized spacial score (nSPS) is 12.2. The molecule has 1 rings (SSSR count). The van der Waals surface area contributed by atoms with Crippen LogP contribution in [-0.2, 0) is 6.54 Å². The SMILES string of the molecule is C#CCOc1ccccc1CNCC(O)C(C)C. The van der Waals surface area contributed by atoms with Crippen molar-refractivity contribution >= 4 is 0 Å². The van der Waals surface area contributed by atoms with Crippen LogP contribution in [0.5, 0.6) is 5.75 Å². The molecule has 3 heteroatoms. The third kappa shape index (κ3) is 4.79. The smallest absolute Gasteiger partial charge is 0.148 e. The fourth-order valence-corrected chi connectivity index (χ4v) is 1.50. The number of benzene rings is 1. The number of para-hydroxylation sites is 1. The molecule has 0 bridgehead atoms. The minimum atomic E-state index is -0.330. The lowest BCUT2D eigenvalue weighted by Gasteiger charge is -2.16. The van der Waals surface area contributed by atoms with Gasteiger partial charge in [0.05, 0.1) is 6.10 Å². The van der Waals surface area contributed by atoms with E-state index in [1.54, 1.807) is 0 Å². The molecule has 0 heterocycles. The van der Waals surface area contributed by atoms with Crippen molar-refractivity contribution in [3.8, 4) is 18.1 Å². The van der Waals surface area contributed by atoms with Crippen molar-refractivity contribution in [2.24, 2.45) is 5.92 Å². The Bertz CT molecular complexity index is 396. The summed E-state index contributed by atoms with van der Waals surface area (Å²) in [5.74, 6) is 3.50. The van der Waals surface area contributed by atoms with Gasteiger partial charge in [0.2, 0.25) is 0 Å². The van der Waals surface area contributed by atoms with Gasteiger partial charge in [-0.1, -0.05) is 38.0 Å². The fourth-order valence-electron chi connectivity index (χ4n) is 1.50. The molecule has 1 unspecified atom stereocenters. The van der Waals surface area contributed by atoms with Crippen molar-refractivity contribution < 1.29 is 9.84 Å². The van der Waals surface area contributed by atoms with E-state index in [9.17, 15) is 5.11 Å². The summed E-state index contributed by atoms with van der Waals surface area (Å²) in [6.45, 7) is 5.49. The number of nitrogens with one attached hydrogen (secondary N) is 1. The Hall–Kier alpha value is -1.50. The zero-order valence-corrected chi connectivity index (χ0v) is 11.0. The molecule has 2 N–H and O–H groups in total. The molecule has 0 saturated carbocycles. The molecule has 18 heavy (non-hydrogen) atoms. The molecule has 0 amide bonds. The Morgan fingerprint density at radius 3 is 2.78 bits per heavy atom. The van der Waals surface area contributed by atoms with Gasteiger partial charge in [-0.15, -0.1) is 6.42 Å². The lowest BCUT2D eigenvalue weighted by Crippen LogP contribution is -2.30. The molecule has 0 radical (unpaired) electrons. The molecule has 0 aliphatic heterocycles. The van der Waals surface area contributed by atoms with Crippen LogP contribution in [0.1, 0.15) is 19.4 Å². The Morgan fingerprint density at radius 2 is 2.11 bits per heavy atom. The second kappa shape index (κ2) is 7.75. The molecule has 1 aromatic carbocycles. The summed E-state index contributed by atoms with van der Waals surface area (Å²) in [4.78, 5) is 0. The van der Waals surface area contributed by atoms with Crippen molar-refractivity contribution in [1.82, 2.24) is 5.32 Å². The van der Waals surface area contributed by atoms with E-state index >= 15 is 0 Å². The van der Waals surface area contributed by atoms with E-state index in [1.807, 2.05) is 38.1 Å². The van der Waals surface area contributed by atoms with Gasteiger partial charge in [-0.25, -0.2) is 0 Å². The maximum Gasteiger partial charge on any atom is 0.148 e. The van der Waals surface area contributed by atoms with Crippen LogP contribution < -0.4 is 10.1 Å². The molecule has 98 valence electrons. The maximum atomic E-state index is 9.69. The molecule has 0 aliphatic rings. The summed E-state index contributed by atoms with van der Waals surface area (Å²) in [6.07, 6.45) is 4.85. The monoisotopic (exact) mass is 247 g/mol. The molecule has 0 spiro atoms. The highest BCUT2D eigenvalue weighted by Gasteiger charge is 2.09. The predicted octanol–water partition coefficient (Wildman–Crippen LogP) is 1.81. The Labute approximate surface area is 109 Å². The minimum Gasteiger partial charge on any atom is -0.481 e. The Balaban J connectivity index is 2.49. The molecule has 0 fully saturated rings. The number of hydrogen-bond donors (Lipinski definition) is 2. The van der Waals surface area contributed by atoms with Crippen LogP contribution >= 0.6 is 0 Å². The number of terminal acetylenes is 1. The summed E-state index contributed by atoms with van der Waals surface area (Å²) < 4.78 is 5.45. The highest BCUT2D eigenvalue weighted by atomic mass is 16.5. The van der Waals surface area contributed by atoms with E-state index in [2.05, 4.69) is 11.2 Å². The first-order valence-corrected chi connectivity index (χ1v) is 6.18. The quantitative estimate of drug-likeness (QED) is 0.722. The molecular weight excluding hydrogens is 226 g/mol. The van der Waals surface area contributed by atoms with Gasteiger partial charge in [-0.3, -0.25) is 0 Å². The van der Waals surface area contributed by atoms with Crippen molar-refractivity contribution in [3.63, 3.8) is 0 Å². The van der Waals surface area contributed by atoms with E-state index in [-0.39, 0.29) is 18.6 Å². The van der Waals surface area contributed by atoms with Crippen LogP contribution in [0.3, 0.4) is 0 Å². The van der Waals surface area contributed by atoms with E-state index in [0.29, 0.717) is 13.1 Å². The van der Waals surface area contributed by atoms with Crippen LogP contribution in [0.4, 0.5) is 0 Å². The molecule has 1 aromatic rings. The second-order valence-electron chi connectivity index (χ2n) is 4.54. The van der Waals surface area contributed by atoms with Gasteiger partial charge < -0.3 is 15.2 Å². The standard InChI is InChI=1S/C15H21NO2/c1-4-9-18-15-8-6-5-7-13(15)10-16-11-14(17)12(2)3/h1,5-8,12,14,16-17H,9-11H2,2-3H3. The number of rotatable bonds is 7. The van der Waals surface area contributed by atoms with Crippen molar-refractivity contribution in [2.45, 2.75) is 26.5 Å². The van der Waals surface area contributed by atoms with Gasteiger partial charge in [0.1, 0.15) is 12.4 Å². The number of hydrogen-bond acceptors (Lipinski definition) is 3. The van der Waals surface area contributed by atoms with Crippen LogP contribution in [0.15, 0.2) is 24.3 Å². The minimum absolute atomic E-state index is 0.255. The highest BCUT2D eigenvalue weighted by Crippen LogP contribution is 2.17. The lowest BCUT2D eigenvalue weighted by molar-refractivity contribution is 0.123. The summed E-state index contributed by atoms with van der Waals surface area (Å²) in [7, 11) is 0. The summed E-state index contributed by atoms with van der Waals surface area (Å²) >= 11 is 0. The predicted molar refractivity (Wildman–Crippen MR) is 73.3 cm³/mol. The Kier molecular flexibility index (Phi) is 6.27. The Morgan fingerprint density at radius 1 is 1.39 bits per heavy atom. The summed E-state index contributed by atoms with van der Waals surface area (Å²) in [5.41, 5.74) is 1.05. The molecule has 0 aliphatic carbocycles. The van der Waals surface area contributed by atoms with Gasteiger partial charge >= 0.3 is 0 Å². The van der Waals surface area contributed by atoms with Crippen molar-refractivity contribution in [1.29, 1.82) is 0 Å². The zero-order valence-electron chi connectivity index (χ0n) is 11.0. The average Bonchev–Trinajstić information content (AvgIpc) is 2.37. The van der Waals surface area contributed by atoms with Crippen molar-refractivity contribution in [3.05, 3.63) is 29.8 Å². The van der Waals surface area contributed by atoms with Gasteiger partial charge in [-0.2, -0.15) is 0 Å². The third-order valence-corrected chi connectivity index (χ3v) is 2.72. The average molecular weight is 247 g/mol. The van der Waals surface area contributed by atoms with E-state index < -0.39 is 0 Å². The lowest BCUT2D eigenvalue weighted by atomic mass is 10.1. The molecule has 1 atom stereocenters. The highest BCUT2D eigenvalue weighted by molar-refractivity contribution is 5.33. The first-order chi connectivity index (χ1) is 8.65. The summed E-state index contributed by atoms with van der Waals surface area (Å²) in [6, 6.07) is 7.75. The topological polar surface area (TPSA) is 41.5 Å². The van der Waals surface area contributed by atoms with Gasteiger partial charge in [0.15, 0.2) is 0 Å². The molecular formula is C15H21NO2. The molecule has 0 saturated heterocycles. The van der Waals surface area contributed by atoms with Crippen LogP contribution in [0.25, 0.3) is 0 Å². The fraction of sp³-hybridized carbons (Fsp3) is 0.467.